The molecule has 118 valence electrons. The topological polar surface area (TPSA) is 35.6 Å². The van der Waals surface area contributed by atoms with Crippen LogP contribution in [0.5, 0.6) is 0 Å². The van der Waals surface area contributed by atoms with Crippen LogP contribution in [0.4, 0.5) is 0 Å². The molecule has 0 saturated carbocycles. The lowest BCUT2D eigenvalue weighted by Gasteiger charge is -2.44. The van der Waals surface area contributed by atoms with E-state index in [2.05, 4.69) is 15.1 Å². The van der Waals surface area contributed by atoms with Crippen LogP contribution >= 0.6 is 24.8 Å². The van der Waals surface area contributed by atoms with E-state index in [-0.39, 0.29) is 24.8 Å². The van der Waals surface area contributed by atoms with Gasteiger partial charge in [-0.25, -0.2) is 0 Å². The van der Waals surface area contributed by atoms with Crippen LogP contribution in [0.15, 0.2) is 0 Å². The van der Waals surface area contributed by atoms with Gasteiger partial charge in [0.1, 0.15) is 0 Å². The van der Waals surface area contributed by atoms with Gasteiger partial charge in [0.05, 0.1) is 0 Å². The van der Waals surface area contributed by atoms with E-state index < -0.39 is 0 Å². The molecule has 0 bridgehead atoms. The van der Waals surface area contributed by atoms with Crippen LogP contribution in [0.2, 0.25) is 0 Å². The monoisotopic (exact) mass is 323 g/mol. The molecule has 0 aromatic carbocycles. The molecule has 4 nitrogen and oxygen atoms in total. The van der Waals surface area contributed by atoms with E-state index in [4.69, 9.17) is 0 Å². The molecule has 0 aromatic heterocycles. The summed E-state index contributed by atoms with van der Waals surface area (Å²) >= 11 is 0. The van der Waals surface area contributed by atoms with Crippen molar-refractivity contribution in [3.05, 3.63) is 0 Å². The molecule has 0 spiro atoms. The first-order valence-corrected chi connectivity index (χ1v) is 7.58. The van der Waals surface area contributed by atoms with Gasteiger partial charge in [-0.05, 0) is 38.8 Å². The number of nitrogens with one attached hydrogen (secondary N) is 1. The van der Waals surface area contributed by atoms with Crippen molar-refractivity contribution < 1.29 is 4.79 Å². The molecule has 3 fully saturated rings. The Morgan fingerprint density at radius 2 is 1.90 bits per heavy atom. The normalized spacial score (nSPS) is 30.1. The lowest BCUT2D eigenvalue weighted by atomic mass is 9.99. The van der Waals surface area contributed by atoms with Gasteiger partial charge < -0.3 is 10.2 Å². The molecule has 2 atom stereocenters. The minimum Gasteiger partial charge on any atom is -0.340 e. The zero-order chi connectivity index (χ0) is 12.4. The minimum absolute atomic E-state index is 0. The maximum Gasteiger partial charge on any atom is 0.224 e. The van der Waals surface area contributed by atoms with Gasteiger partial charge in [0, 0.05) is 38.1 Å². The predicted molar refractivity (Wildman–Crippen MR) is 85.9 cm³/mol. The SMILES string of the molecule is Cl.Cl.O=C(CC1CCCN1)N1CCN2CCCCC2C1. The number of fused-ring (bicyclic) bond motifs is 1. The highest BCUT2D eigenvalue weighted by molar-refractivity contribution is 5.85. The van der Waals surface area contributed by atoms with Crippen molar-refractivity contribution in [2.24, 2.45) is 0 Å². The van der Waals surface area contributed by atoms with Gasteiger partial charge in [-0.2, -0.15) is 0 Å². The third kappa shape index (κ3) is 4.23. The Morgan fingerprint density at radius 3 is 2.65 bits per heavy atom. The van der Waals surface area contributed by atoms with Gasteiger partial charge in [0.15, 0.2) is 0 Å². The Kier molecular flexibility index (Phi) is 7.59. The zero-order valence-corrected chi connectivity index (χ0v) is 13.7. The number of piperazine rings is 1. The highest BCUT2D eigenvalue weighted by Gasteiger charge is 2.31. The summed E-state index contributed by atoms with van der Waals surface area (Å²) in [5.74, 6) is 0.375. The largest absolute Gasteiger partial charge is 0.340 e. The van der Waals surface area contributed by atoms with Crippen LogP contribution in [0.3, 0.4) is 0 Å². The summed E-state index contributed by atoms with van der Waals surface area (Å²) in [4.78, 5) is 17.0. The molecule has 3 saturated heterocycles. The summed E-state index contributed by atoms with van der Waals surface area (Å²) in [7, 11) is 0. The summed E-state index contributed by atoms with van der Waals surface area (Å²) in [6.45, 7) is 5.35. The quantitative estimate of drug-likeness (QED) is 0.839. The number of carbonyl (C=O) groups excluding carboxylic acids is 1. The Bertz CT molecular complexity index is 311. The van der Waals surface area contributed by atoms with Crippen molar-refractivity contribution in [3.8, 4) is 0 Å². The summed E-state index contributed by atoms with van der Waals surface area (Å²) < 4.78 is 0. The highest BCUT2D eigenvalue weighted by atomic mass is 35.5. The number of hydrogen-bond donors (Lipinski definition) is 1. The molecule has 6 heteroatoms. The first-order valence-electron chi connectivity index (χ1n) is 7.58. The smallest absolute Gasteiger partial charge is 0.224 e. The number of rotatable bonds is 2. The molecule has 1 N–H and O–H groups in total. The second kappa shape index (κ2) is 8.42. The van der Waals surface area contributed by atoms with Gasteiger partial charge in [0.25, 0.3) is 0 Å². The Balaban J connectivity index is 0.000001000. The number of nitrogens with zero attached hydrogens (tertiary/aromatic N) is 2. The molecular weight excluding hydrogens is 297 g/mol. The maximum atomic E-state index is 12.3. The van der Waals surface area contributed by atoms with Crippen molar-refractivity contribution in [1.82, 2.24) is 15.1 Å². The van der Waals surface area contributed by atoms with E-state index in [1.54, 1.807) is 0 Å². The van der Waals surface area contributed by atoms with Crippen molar-refractivity contribution in [2.45, 2.75) is 50.6 Å². The fourth-order valence-electron chi connectivity index (χ4n) is 3.65. The molecule has 0 radical (unpaired) electrons. The predicted octanol–water partition coefficient (Wildman–Crippen LogP) is 1.67. The van der Waals surface area contributed by atoms with Crippen molar-refractivity contribution in [1.29, 1.82) is 0 Å². The van der Waals surface area contributed by atoms with Crippen molar-refractivity contribution >= 4 is 30.7 Å². The molecule has 3 aliphatic rings. The van der Waals surface area contributed by atoms with Gasteiger partial charge in [-0.1, -0.05) is 6.42 Å². The van der Waals surface area contributed by atoms with Gasteiger partial charge >= 0.3 is 0 Å². The van der Waals surface area contributed by atoms with Crippen LogP contribution in [0.25, 0.3) is 0 Å². The molecule has 0 aliphatic carbocycles. The van der Waals surface area contributed by atoms with E-state index in [1.807, 2.05) is 0 Å². The van der Waals surface area contributed by atoms with Gasteiger partial charge in [-0.3, -0.25) is 9.69 Å². The minimum atomic E-state index is 0. The fraction of sp³-hybridized carbons (Fsp3) is 0.929. The van der Waals surface area contributed by atoms with Crippen LogP contribution in [0.1, 0.15) is 38.5 Å². The Hall–Kier alpha value is -0.0300. The second-order valence-corrected chi connectivity index (χ2v) is 6.02. The Labute approximate surface area is 134 Å². The first-order chi connectivity index (χ1) is 8.83. The summed E-state index contributed by atoms with van der Waals surface area (Å²) in [6, 6.07) is 1.09. The first kappa shape index (κ1) is 18.0. The van der Waals surface area contributed by atoms with Crippen LogP contribution in [-0.4, -0.2) is 60.5 Å². The van der Waals surface area contributed by atoms with E-state index >= 15 is 0 Å². The van der Waals surface area contributed by atoms with E-state index in [0.717, 1.165) is 26.2 Å². The zero-order valence-electron chi connectivity index (χ0n) is 12.1. The molecular formula is C14H27Cl2N3O. The summed E-state index contributed by atoms with van der Waals surface area (Å²) in [6.07, 6.45) is 7.09. The Morgan fingerprint density at radius 1 is 1.05 bits per heavy atom. The summed E-state index contributed by atoms with van der Waals surface area (Å²) in [5.41, 5.74) is 0. The van der Waals surface area contributed by atoms with Crippen LogP contribution in [-0.2, 0) is 4.79 Å². The summed E-state index contributed by atoms with van der Waals surface area (Å²) in [5, 5.41) is 3.42. The highest BCUT2D eigenvalue weighted by Crippen LogP contribution is 2.22. The lowest BCUT2D eigenvalue weighted by molar-refractivity contribution is -0.135. The lowest BCUT2D eigenvalue weighted by Crippen LogP contribution is -2.56. The number of amides is 1. The molecule has 3 rings (SSSR count). The average Bonchev–Trinajstić information content (AvgIpc) is 2.91. The van der Waals surface area contributed by atoms with Crippen LogP contribution < -0.4 is 5.32 Å². The molecule has 0 aromatic rings. The molecule has 3 heterocycles. The number of piperidine rings is 1. The number of carbonyl (C=O) groups is 1. The molecule has 2 unspecified atom stereocenters. The number of halogens is 2. The third-order valence-electron chi connectivity index (χ3n) is 4.77. The van der Waals surface area contributed by atoms with Gasteiger partial charge in [0.2, 0.25) is 5.91 Å². The standard InChI is InChI=1S/C14H25N3O.2ClH/c18-14(10-12-4-3-6-15-12)17-9-8-16-7-2-1-5-13(16)11-17;;/h12-13,15H,1-11H2;2*1H. The third-order valence-corrected chi connectivity index (χ3v) is 4.77. The number of hydrogen-bond acceptors (Lipinski definition) is 3. The van der Waals surface area contributed by atoms with E-state index in [0.29, 0.717) is 24.4 Å². The average molecular weight is 324 g/mol. The van der Waals surface area contributed by atoms with Crippen LogP contribution in [0, 0.1) is 0 Å². The van der Waals surface area contributed by atoms with E-state index in [9.17, 15) is 4.79 Å². The molecule has 1 amide bonds. The van der Waals surface area contributed by atoms with Gasteiger partial charge in [-0.15, -0.1) is 24.8 Å². The maximum absolute atomic E-state index is 12.3. The second-order valence-electron chi connectivity index (χ2n) is 6.02. The van der Waals surface area contributed by atoms with Crippen molar-refractivity contribution in [2.75, 3.05) is 32.7 Å². The fourth-order valence-corrected chi connectivity index (χ4v) is 3.65. The van der Waals surface area contributed by atoms with Crippen molar-refractivity contribution in [3.63, 3.8) is 0 Å². The molecule has 20 heavy (non-hydrogen) atoms. The molecule has 3 aliphatic heterocycles. The van der Waals surface area contributed by atoms with E-state index in [1.165, 1.54) is 38.6 Å².